The lowest BCUT2D eigenvalue weighted by Gasteiger charge is -2.14. The van der Waals surface area contributed by atoms with Crippen LogP contribution in [0.25, 0.3) is 11.0 Å². The van der Waals surface area contributed by atoms with Crippen molar-refractivity contribution in [3.8, 4) is 0 Å². The lowest BCUT2D eigenvalue weighted by atomic mass is 10.2. The molecule has 1 aromatic carbocycles. The van der Waals surface area contributed by atoms with E-state index in [1.807, 2.05) is 0 Å². The molecule has 8 nitrogen and oxygen atoms in total. The van der Waals surface area contributed by atoms with Crippen molar-refractivity contribution in [2.24, 2.45) is 0 Å². The normalized spacial score (nSPS) is 10.8. The number of hydrogen-bond acceptors (Lipinski definition) is 5. The molecule has 0 saturated heterocycles. The fourth-order valence-electron chi connectivity index (χ4n) is 3.12. The molecule has 0 aliphatic rings. The van der Waals surface area contributed by atoms with Gasteiger partial charge in [0.2, 0.25) is 5.91 Å². The molecule has 0 aliphatic carbocycles. The first-order valence-electron chi connectivity index (χ1n) is 9.05. The highest BCUT2D eigenvalue weighted by molar-refractivity contribution is 6.30. The van der Waals surface area contributed by atoms with Crippen molar-refractivity contribution in [1.29, 1.82) is 0 Å². The van der Waals surface area contributed by atoms with Gasteiger partial charge in [0, 0.05) is 29.3 Å². The maximum atomic E-state index is 13.1. The summed E-state index contributed by atoms with van der Waals surface area (Å²) in [5.41, 5.74) is 0.456. The van der Waals surface area contributed by atoms with Gasteiger partial charge in [-0.2, -0.15) is 0 Å². The van der Waals surface area contributed by atoms with Crippen molar-refractivity contribution < 1.29 is 4.79 Å². The van der Waals surface area contributed by atoms with Crippen LogP contribution >= 0.6 is 11.6 Å². The number of nitrogens with one attached hydrogen (secondary N) is 1. The summed E-state index contributed by atoms with van der Waals surface area (Å²) in [7, 11) is 0. The summed E-state index contributed by atoms with van der Waals surface area (Å²) in [5.74, 6) is -0.434. The second-order valence-electron chi connectivity index (χ2n) is 6.55. The minimum atomic E-state index is -0.606. The van der Waals surface area contributed by atoms with Gasteiger partial charge in [0.15, 0.2) is 5.52 Å². The van der Waals surface area contributed by atoms with Gasteiger partial charge in [-0.3, -0.25) is 23.7 Å². The quantitative estimate of drug-likeness (QED) is 0.533. The number of rotatable bonds is 5. The predicted molar refractivity (Wildman–Crippen MR) is 114 cm³/mol. The zero-order valence-electron chi connectivity index (χ0n) is 15.7. The molecule has 30 heavy (non-hydrogen) atoms. The second kappa shape index (κ2) is 8.30. The van der Waals surface area contributed by atoms with Crippen LogP contribution in [-0.2, 0) is 17.9 Å². The summed E-state index contributed by atoms with van der Waals surface area (Å²) in [4.78, 5) is 46.8. The summed E-state index contributed by atoms with van der Waals surface area (Å²) in [5, 5.41) is 3.18. The fourth-order valence-corrected chi connectivity index (χ4v) is 3.31. The number of hydrogen-bond donors (Lipinski definition) is 1. The molecule has 0 atom stereocenters. The minimum Gasteiger partial charge on any atom is -0.324 e. The summed E-state index contributed by atoms with van der Waals surface area (Å²) < 4.78 is 2.29. The SMILES string of the molecule is O=C(Cn1c(=O)n(Cc2cccnc2)c(=O)c2ncccc21)Nc1cccc(Cl)c1. The van der Waals surface area contributed by atoms with Gasteiger partial charge < -0.3 is 5.32 Å². The summed E-state index contributed by atoms with van der Waals surface area (Å²) in [6.45, 7) is -0.269. The van der Waals surface area contributed by atoms with Crippen LogP contribution in [0.3, 0.4) is 0 Å². The van der Waals surface area contributed by atoms with E-state index in [0.29, 0.717) is 16.3 Å². The molecular weight excluding hydrogens is 406 g/mol. The summed E-state index contributed by atoms with van der Waals surface area (Å²) in [6.07, 6.45) is 4.65. The van der Waals surface area contributed by atoms with E-state index in [4.69, 9.17) is 11.6 Å². The Hall–Kier alpha value is -3.78. The molecular formula is C21H16ClN5O3. The second-order valence-corrected chi connectivity index (χ2v) is 6.99. The Bertz CT molecular complexity index is 1350. The van der Waals surface area contributed by atoms with Crippen LogP contribution in [0.4, 0.5) is 5.69 Å². The van der Waals surface area contributed by atoms with Gasteiger partial charge in [-0.05, 0) is 42.0 Å². The van der Waals surface area contributed by atoms with Crippen molar-refractivity contribution in [3.63, 3.8) is 0 Å². The molecule has 4 rings (SSSR count). The smallest absolute Gasteiger partial charge is 0.324 e. The van der Waals surface area contributed by atoms with Crippen LogP contribution in [0.15, 0.2) is 76.7 Å². The van der Waals surface area contributed by atoms with E-state index in [-0.39, 0.29) is 24.1 Å². The largest absolute Gasteiger partial charge is 0.332 e. The standard InChI is InChI=1S/C21H16ClN5O3/c22-15-5-1-6-16(10-15)25-18(28)13-26-17-7-3-9-24-19(17)20(29)27(21(26)30)12-14-4-2-8-23-11-14/h1-11H,12-13H2,(H,25,28). The van der Waals surface area contributed by atoms with E-state index < -0.39 is 17.2 Å². The van der Waals surface area contributed by atoms with E-state index in [9.17, 15) is 14.4 Å². The topological polar surface area (TPSA) is 98.9 Å². The van der Waals surface area contributed by atoms with Gasteiger partial charge in [-0.1, -0.05) is 23.7 Å². The average Bonchev–Trinajstić information content (AvgIpc) is 2.75. The third kappa shape index (κ3) is 3.99. The third-order valence-electron chi connectivity index (χ3n) is 4.46. The van der Waals surface area contributed by atoms with Gasteiger partial charge >= 0.3 is 5.69 Å². The van der Waals surface area contributed by atoms with Crippen LogP contribution in [-0.4, -0.2) is 25.0 Å². The summed E-state index contributed by atoms with van der Waals surface area (Å²) >= 11 is 5.95. The average molecular weight is 422 g/mol. The predicted octanol–water partition coefficient (Wildman–Crippen LogP) is 2.29. The molecule has 0 fully saturated rings. The molecule has 0 saturated carbocycles. The molecule has 0 aliphatic heterocycles. The molecule has 0 spiro atoms. The van der Waals surface area contributed by atoms with Crippen molar-refractivity contribution in [2.75, 3.05) is 5.32 Å². The van der Waals surface area contributed by atoms with Crippen LogP contribution in [0, 0.1) is 0 Å². The molecule has 3 aromatic heterocycles. The maximum absolute atomic E-state index is 13.1. The zero-order chi connectivity index (χ0) is 21.1. The van der Waals surface area contributed by atoms with Crippen molar-refractivity contribution in [3.05, 3.63) is 98.5 Å². The lowest BCUT2D eigenvalue weighted by molar-refractivity contribution is -0.116. The van der Waals surface area contributed by atoms with E-state index >= 15 is 0 Å². The maximum Gasteiger partial charge on any atom is 0.332 e. The van der Waals surface area contributed by atoms with Gasteiger partial charge in [0.25, 0.3) is 5.56 Å². The molecule has 1 N–H and O–H groups in total. The highest BCUT2D eigenvalue weighted by Gasteiger charge is 2.16. The first-order valence-corrected chi connectivity index (χ1v) is 9.43. The highest BCUT2D eigenvalue weighted by atomic mass is 35.5. The number of carbonyl (C=O) groups is 1. The first-order chi connectivity index (χ1) is 14.5. The molecule has 1 amide bonds. The molecule has 0 unspecified atom stereocenters. The van der Waals surface area contributed by atoms with Crippen molar-refractivity contribution in [1.82, 2.24) is 19.1 Å². The van der Waals surface area contributed by atoms with Crippen LogP contribution < -0.4 is 16.6 Å². The van der Waals surface area contributed by atoms with Crippen molar-refractivity contribution in [2.45, 2.75) is 13.1 Å². The van der Waals surface area contributed by atoms with E-state index in [2.05, 4.69) is 15.3 Å². The number of anilines is 1. The fraction of sp³-hybridized carbons (Fsp3) is 0.0952. The Balaban J connectivity index is 1.76. The highest BCUT2D eigenvalue weighted by Crippen LogP contribution is 2.15. The summed E-state index contributed by atoms with van der Waals surface area (Å²) in [6, 6.07) is 13.4. The Morgan fingerprint density at radius 1 is 1.03 bits per heavy atom. The molecule has 3 heterocycles. The molecule has 9 heteroatoms. The van der Waals surface area contributed by atoms with Crippen LogP contribution in [0.2, 0.25) is 5.02 Å². The molecule has 4 aromatic rings. The Labute approximate surface area is 175 Å². The Morgan fingerprint density at radius 3 is 2.63 bits per heavy atom. The van der Waals surface area contributed by atoms with Gasteiger partial charge in [-0.15, -0.1) is 0 Å². The van der Waals surface area contributed by atoms with Gasteiger partial charge in [0.1, 0.15) is 6.54 Å². The Morgan fingerprint density at radius 2 is 1.87 bits per heavy atom. The lowest BCUT2D eigenvalue weighted by Crippen LogP contribution is -2.42. The number of fused-ring (bicyclic) bond motifs is 1. The molecule has 0 radical (unpaired) electrons. The first kappa shape index (κ1) is 19.5. The Kier molecular flexibility index (Phi) is 5.40. The minimum absolute atomic E-state index is 0.0218. The number of nitrogens with zero attached hydrogens (tertiary/aromatic N) is 4. The van der Waals surface area contributed by atoms with E-state index in [1.165, 1.54) is 10.8 Å². The molecule has 150 valence electrons. The number of carbonyl (C=O) groups excluding carboxylic acids is 1. The van der Waals surface area contributed by atoms with Crippen LogP contribution in [0.5, 0.6) is 0 Å². The number of halogens is 1. The molecule has 0 bridgehead atoms. The van der Waals surface area contributed by atoms with Crippen molar-refractivity contribution >= 4 is 34.2 Å². The van der Waals surface area contributed by atoms with E-state index in [0.717, 1.165) is 4.57 Å². The number of aromatic nitrogens is 4. The van der Waals surface area contributed by atoms with Crippen LogP contribution in [0.1, 0.15) is 5.56 Å². The number of benzene rings is 1. The third-order valence-corrected chi connectivity index (χ3v) is 4.70. The number of pyridine rings is 2. The zero-order valence-corrected chi connectivity index (χ0v) is 16.4. The van der Waals surface area contributed by atoms with E-state index in [1.54, 1.807) is 60.9 Å². The number of amides is 1. The van der Waals surface area contributed by atoms with Gasteiger partial charge in [-0.25, -0.2) is 9.78 Å². The van der Waals surface area contributed by atoms with Gasteiger partial charge in [0.05, 0.1) is 12.1 Å². The monoisotopic (exact) mass is 421 g/mol.